The van der Waals surface area contributed by atoms with E-state index in [4.69, 9.17) is 4.74 Å². The van der Waals surface area contributed by atoms with Gasteiger partial charge in [-0.15, -0.1) is 0 Å². The molecule has 0 fully saturated rings. The molecule has 1 aliphatic rings. The average Bonchev–Trinajstić information content (AvgIpc) is 3.16. The number of hydrogen-bond donors (Lipinski definition) is 2. The van der Waals surface area contributed by atoms with Gasteiger partial charge in [0, 0.05) is 6.07 Å². The molecule has 31 heavy (non-hydrogen) atoms. The normalized spacial score (nSPS) is 12.9. The second kappa shape index (κ2) is 9.32. The lowest BCUT2D eigenvalue weighted by atomic mass is 10.1. The van der Waals surface area contributed by atoms with Crippen molar-refractivity contribution in [2.45, 2.75) is 26.2 Å². The summed E-state index contributed by atoms with van der Waals surface area (Å²) in [5.74, 6) is 2.67. The molecule has 6 nitrogen and oxygen atoms in total. The number of ether oxygens (including phenoxy) is 1. The van der Waals surface area contributed by atoms with Crippen molar-refractivity contribution < 1.29 is 18.5 Å². The maximum atomic E-state index is 12.1. The van der Waals surface area contributed by atoms with Gasteiger partial charge in [0.1, 0.15) is 17.2 Å². The SMILES string of the molecule is CCCCS(=O)(=O)Nc1ccc2c(c1)N=C(Cc1ccc(Oc3ccccc3)cc1)[NH2+]2. The third-order valence-corrected chi connectivity index (χ3v) is 6.32. The monoisotopic (exact) mass is 436 g/mol. The molecule has 160 valence electrons. The number of unbranched alkanes of at least 4 members (excludes halogenated alkanes) is 1. The van der Waals surface area contributed by atoms with E-state index in [2.05, 4.69) is 9.71 Å². The molecule has 0 spiro atoms. The first kappa shape index (κ1) is 21.1. The molecule has 0 aliphatic carbocycles. The lowest BCUT2D eigenvalue weighted by molar-refractivity contribution is -0.440. The summed E-state index contributed by atoms with van der Waals surface area (Å²) in [5.41, 5.74) is 3.46. The molecular formula is C24H26N3O3S+. The highest BCUT2D eigenvalue weighted by Gasteiger charge is 2.21. The summed E-state index contributed by atoms with van der Waals surface area (Å²) in [6.07, 6.45) is 2.18. The first-order valence-electron chi connectivity index (χ1n) is 10.4. The largest absolute Gasteiger partial charge is 0.457 e. The molecule has 3 N–H and O–H groups in total. The number of benzene rings is 3. The number of sulfonamides is 1. The molecule has 0 saturated carbocycles. The van der Waals surface area contributed by atoms with Crippen LogP contribution in [0.3, 0.4) is 0 Å². The third-order valence-electron chi connectivity index (χ3n) is 4.94. The molecule has 0 unspecified atom stereocenters. The van der Waals surface area contributed by atoms with E-state index in [0.717, 1.165) is 40.7 Å². The van der Waals surface area contributed by atoms with E-state index in [9.17, 15) is 8.42 Å². The van der Waals surface area contributed by atoms with Crippen LogP contribution in [0.25, 0.3) is 0 Å². The van der Waals surface area contributed by atoms with Gasteiger partial charge >= 0.3 is 0 Å². The van der Waals surface area contributed by atoms with E-state index in [0.29, 0.717) is 18.5 Å². The molecule has 0 atom stereocenters. The standard InChI is InChI=1S/C24H25N3O3S/c1-2-3-15-31(28,29)27-19-11-14-22-23(17-19)26-24(25-22)16-18-9-12-21(13-10-18)30-20-7-5-4-6-8-20/h4-14,17,27H,2-3,15-16H2,1H3,(H,25,26)/p+1. The Kier molecular flexibility index (Phi) is 6.34. The van der Waals surface area contributed by atoms with Gasteiger partial charge in [0.2, 0.25) is 15.9 Å². The van der Waals surface area contributed by atoms with E-state index in [1.165, 1.54) is 0 Å². The average molecular weight is 437 g/mol. The second-order valence-corrected chi connectivity index (χ2v) is 9.37. The smallest absolute Gasteiger partial charge is 0.232 e. The van der Waals surface area contributed by atoms with Crippen molar-refractivity contribution in [2.75, 3.05) is 10.5 Å². The lowest BCUT2D eigenvalue weighted by Crippen LogP contribution is -2.81. The van der Waals surface area contributed by atoms with Gasteiger partial charge in [-0.05, 0) is 48.4 Å². The molecular weight excluding hydrogens is 410 g/mol. The minimum absolute atomic E-state index is 0.130. The van der Waals surface area contributed by atoms with E-state index in [-0.39, 0.29) is 5.75 Å². The maximum Gasteiger partial charge on any atom is 0.232 e. The molecule has 0 radical (unpaired) electrons. The topological polar surface area (TPSA) is 84.4 Å². The summed E-state index contributed by atoms with van der Waals surface area (Å²) in [6.45, 7) is 1.97. The molecule has 3 aromatic carbocycles. The van der Waals surface area contributed by atoms with Crippen LogP contribution in [0.1, 0.15) is 25.3 Å². The Balaban J connectivity index is 1.39. The molecule has 7 heteroatoms. The lowest BCUT2D eigenvalue weighted by Gasteiger charge is -2.07. The molecule has 1 aliphatic heterocycles. The van der Waals surface area contributed by atoms with Gasteiger partial charge in [-0.2, -0.15) is 4.99 Å². The number of fused-ring (bicyclic) bond motifs is 1. The Morgan fingerprint density at radius 2 is 1.71 bits per heavy atom. The zero-order chi connectivity index (χ0) is 21.7. The highest BCUT2D eigenvalue weighted by molar-refractivity contribution is 7.92. The Hall–Kier alpha value is -3.16. The van der Waals surface area contributed by atoms with Crippen molar-refractivity contribution in [2.24, 2.45) is 4.99 Å². The zero-order valence-corrected chi connectivity index (χ0v) is 18.2. The fourth-order valence-electron chi connectivity index (χ4n) is 3.36. The van der Waals surface area contributed by atoms with Gasteiger partial charge in [-0.1, -0.05) is 43.7 Å². The van der Waals surface area contributed by atoms with Crippen LogP contribution in [-0.2, 0) is 16.4 Å². The molecule has 0 aromatic heterocycles. The van der Waals surface area contributed by atoms with Crippen LogP contribution in [0.5, 0.6) is 11.5 Å². The van der Waals surface area contributed by atoms with Gasteiger partial charge in [0.05, 0.1) is 17.9 Å². The van der Waals surface area contributed by atoms with Crippen molar-refractivity contribution in [3.05, 3.63) is 78.4 Å². The molecule has 0 amide bonds. The minimum atomic E-state index is -3.32. The van der Waals surface area contributed by atoms with E-state index in [1.54, 1.807) is 12.1 Å². The van der Waals surface area contributed by atoms with Gasteiger partial charge in [-0.25, -0.2) is 8.42 Å². The minimum Gasteiger partial charge on any atom is -0.457 e. The van der Waals surface area contributed by atoms with Gasteiger partial charge in [0.25, 0.3) is 0 Å². The van der Waals surface area contributed by atoms with Crippen LogP contribution in [0.4, 0.5) is 17.1 Å². The summed E-state index contributed by atoms with van der Waals surface area (Å²) >= 11 is 0. The summed E-state index contributed by atoms with van der Waals surface area (Å²) in [5, 5.41) is 2.04. The Bertz CT molecular complexity index is 1170. The van der Waals surface area contributed by atoms with Gasteiger partial charge in [0.15, 0.2) is 5.69 Å². The van der Waals surface area contributed by atoms with Crippen LogP contribution in [-0.4, -0.2) is 20.0 Å². The Morgan fingerprint density at radius 3 is 2.45 bits per heavy atom. The number of rotatable bonds is 9. The van der Waals surface area contributed by atoms with Crippen molar-refractivity contribution in [3.8, 4) is 11.5 Å². The van der Waals surface area contributed by atoms with Crippen molar-refractivity contribution in [1.82, 2.24) is 0 Å². The van der Waals surface area contributed by atoms with Crippen LogP contribution in [0, 0.1) is 0 Å². The number of amidine groups is 1. The number of quaternary nitrogens is 1. The number of nitrogens with one attached hydrogen (secondary N) is 1. The number of aliphatic imine (C=N–C) groups is 1. The zero-order valence-electron chi connectivity index (χ0n) is 17.4. The highest BCUT2D eigenvalue weighted by Crippen LogP contribution is 2.29. The van der Waals surface area contributed by atoms with Crippen LogP contribution in [0.15, 0.2) is 77.8 Å². The summed E-state index contributed by atoms with van der Waals surface area (Å²) in [4.78, 5) is 4.68. The molecule has 0 bridgehead atoms. The molecule has 4 rings (SSSR count). The fourth-order valence-corrected chi connectivity index (χ4v) is 4.61. The maximum absolute atomic E-state index is 12.1. The van der Waals surface area contributed by atoms with Crippen LogP contribution < -0.4 is 14.8 Å². The first-order chi connectivity index (χ1) is 15.0. The first-order valence-corrected chi connectivity index (χ1v) is 12.0. The summed E-state index contributed by atoms with van der Waals surface area (Å²) < 4.78 is 32.8. The highest BCUT2D eigenvalue weighted by atomic mass is 32.2. The predicted octanol–water partition coefficient (Wildman–Crippen LogP) is 4.50. The summed E-state index contributed by atoms with van der Waals surface area (Å²) in [6, 6.07) is 23.1. The number of nitrogens with two attached hydrogens (primary N) is 1. The van der Waals surface area contributed by atoms with Crippen molar-refractivity contribution >= 4 is 32.9 Å². The van der Waals surface area contributed by atoms with E-state index < -0.39 is 10.0 Å². The Morgan fingerprint density at radius 1 is 0.968 bits per heavy atom. The molecule has 1 heterocycles. The predicted molar refractivity (Wildman–Crippen MR) is 124 cm³/mol. The van der Waals surface area contributed by atoms with Crippen LogP contribution >= 0.6 is 0 Å². The fraction of sp³-hybridized carbons (Fsp3) is 0.208. The number of hydrogen-bond acceptors (Lipinski definition) is 4. The third kappa shape index (κ3) is 5.71. The van der Waals surface area contributed by atoms with Crippen molar-refractivity contribution in [3.63, 3.8) is 0 Å². The van der Waals surface area contributed by atoms with E-state index >= 15 is 0 Å². The van der Waals surface area contributed by atoms with Gasteiger partial charge in [-0.3, -0.25) is 10.0 Å². The molecule has 3 aromatic rings. The number of nitrogens with zero attached hydrogens (tertiary/aromatic N) is 1. The van der Waals surface area contributed by atoms with Gasteiger partial charge < -0.3 is 4.74 Å². The van der Waals surface area contributed by atoms with Crippen LogP contribution in [0.2, 0.25) is 0 Å². The van der Waals surface area contributed by atoms with Crippen molar-refractivity contribution in [1.29, 1.82) is 0 Å². The second-order valence-electron chi connectivity index (χ2n) is 7.53. The quantitative estimate of drug-likeness (QED) is 0.484. The number of para-hydroxylation sites is 1. The van der Waals surface area contributed by atoms with E-state index in [1.807, 2.05) is 72.9 Å². The molecule has 0 saturated heterocycles. The Labute approximate surface area is 183 Å². The number of anilines is 1. The summed E-state index contributed by atoms with van der Waals surface area (Å²) in [7, 11) is -3.32.